The van der Waals surface area contributed by atoms with Crippen molar-refractivity contribution in [3.8, 4) is 0 Å². The fourth-order valence-electron chi connectivity index (χ4n) is 2.52. The third kappa shape index (κ3) is 2.97. The van der Waals surface area contributed by atoms with Gasteiger partial charge in [0.15, 0.2) is 5.79 Å². The lowest BCUT2D eigenvalue weighted by Crippen LogP contribution is -2.46. The van der Waals surface area contributed by atoms with Crippen molar-refractivity contribution in [1.29, 1.82) is 0 Å². The van der Waals surface area contributed by atoms with Crippen LogP contribution in [0.1, 0.15) is 34.6 Å². The number of alkyl carbamates (subject to hydrolysis) is 1. The Balaban J connectivity index is 2.02. The summed E-state index contributed by atoms with van der Waals surface area (Å²) in [5, 5.41) is 12.9. The molecule has 0 radical (unpaired) electrons. The maximum absolute atomic E-state index is 11.8. The minimum absolute atomic E-state index is 0.417. The van der Waals surface area contributed by atoms with E-state index in [0.29, 0.717) is 5.57 Å². The molecule has 2 N–H and O–H groups in total. The second-order valence-corrected chi connectivity index (χ2v) is 6.71. The second kappa shape index (κ2) is 4.72. The van der Waals surface area contributed by atoms with Gasteiger partial charge in [-0.15, -0.1) is 0 Å². The third-order valence-corrected chi connectivity index (χ3v) is 3.24. The van der Waals surface area contributed by atoms with Crippen molar-refractivity contribution in [2.75, 3.05) is 0 Å². The molecule has 1 saturated carbocycles. The molecule has 2 aliphatic rings. The van der Waals surface area contributed by atoms with Crippen molar-refractivity contribution in [1.82, 2.24) is 5.32 Å². The van der Waals surface area contributed by atoms with Crippen LogP contribution in [0.3, 0.4) is 0 Å². The lowest BCUT2D eigenvalue weighted by molar-refractivity contribution is -0.159. The number of hydrogen-bond acceptors (Lipinski definition) is 5. The predicted molar refractivity (Wildman–Crippen MR) is 72.1 cm³/mol. The van der Waals surface area contributed by atoms with E-state index >= 15 is 0 Å². The van der Waals surface area contributed by atoms with Crippen molar-refractivity contribution >= 4 is 6.09 Å². The van der Waals surface area contributed by atoms with Gasteiger partial charge >= 0.3 is 6.09 Å². The number of aliphatic hydroxyl groups excluding tert-OH is 1. The molecule has 6 nitrogen and oxygen atoms in total. The van der Waals surface area contributed by atoms with Crippen LogP contribution in [0.15, 0.2) is 12.2 Å². The molecule has 0 aromatic carbocycles. The molecule has 0 unspecified atom stereocenters. The van der Waals surface area contributed by atoms with Gasteiger partial charge in [-0.1, -0.05) is 6.58 Å². The van der Waals surface area contributed by atoms with Crippen molar-refractivity contribution in [2.45, 2.75) is 70.4 Å². The van der Waals surface area contributed by atoms with Crippen LogP contribution in [0.5, 0.6) is 0 Å². The van der Waals surface area contributed by atoms with Gasteiger partial charge in [0, 0.05) is 0 Å². The first kappa shape index (κ1) is 15.3. The largest absolute Gasteiger partial charge is 0.444 e. The standard InChI is InChI=1S/C14H23NO5/c1-7-8(15-12(17)20-13(2,3)4)9(16)11-10(7)18-14(5,6)19-11/h8-11,16H,1H2,2-6H3,(H,15,17)/t8-,9+,10+,11-/m0/s1. The van der Waals surface area contributed by atoms with E-state index < -0.39 is 41.8 Å². The number of nitrogens with one attached hydrogen (secondary N) is 1. The van der Waals surface area contributed by atoms with E-state index in [2.05, 4.69) is 11.9 Å². The maximum atomic E-state index is 11.8. The highest BCUT2D eigenvalue weighted by Crippen LogP contribution is 2.40. The summed E-state index contributed by atoms with van der Waals surface area (Å²) in [5.74, 6) is -0.754. The molecule has 1 amide bonds. The lowest BCUT2D eigenvalue weighted by Gasteiger charge is -2.26. The smallest absolute Gasteiger partial charge is 0.408 e. The Hall–Kier alpha value is -1.11. The van der Waals surface area contributed by atoms with E-state index in [0.717, 1.165) is 0 Å². The molecular formula is C14H23NO5. The molecule has 0 spiro atoms. The molecule has 1 saturated heterocycles. The number of carbonyl (C=O) groups is 1. The summed E-state index contributed by atoms with van der Waals surface area (Å²) in [4.78, 5) is 11.8. The molecular weight excluding hydrogens is 262 g/mol. The summed E-state index contributed by atoms with van der Waals surface area (Å²) < 4.78 is 16.5. The van der Waals surface area contributed by atoms with Gasteiger partial charge in [-0.25, -0.2) is 4.79 Å². The summed E-state index contributed by atoms with van der Waals surface area (Å²) in [6.07, 6.45) is -2.43. The highest BCUT2D eigenvalue weighted by Gasteiger charge is 2.55. The van der Waals surface area contributed by atoms with Crippen LogP contribution in [0, 0.1) is 0 Å². The maximum Gasteiger partial charge on any atom is 0.408 e. The molecule has 2 rings (SSSR count). The zero-order chi connectivity index (χ0) is 15.3. The normalized spacial score (nSPS) is 35.8. The van der Waals surface area contributed by atoms with Gasteiger partial charge in [-0.3, -0.25) is 0 Å². The monoisotopic (exact) mass is 285 g/mol. The van der Waals surface area contributed by atoms with Crippen LogP contribution in [-0.2, 0) is 14.2 Å². The summed E-state index contributed by atoms with van der Waals surface area (Å²) in [7, 11) is 0. The zero-order valence-corrected chi connectivity index (χ0v) is 12.6. The first-order valence-corrected chi connectivity index (χ1v) is 6.72. The average molecular weight is 285 g/mol. The molecule has 114 valence electrons. The Morgan fingerprint density at radius 2 is 2.00 bits per heavy atom. The van der Waals surface area contributed by atoms with Crippen LogP contribution in [0.25, 0.3) is 0 Å². The molecule has 0 aromatic heterocycles. The minimum atomic E-state index is -0.901. The zero-order valence-electron chi connectivity index (χ0n) is 12.6. The van der Waals surface area contributed by atoms with E-state index in [1.54, 1.807) is 34.6 Å². The molecule has 0 bridgehead atoms. The number of carbonyl (C=O) groups excluding carboxylic acids is 1. The molecule has 6 heteroatoms. The van der Waals surface area contributed by atoms with Crippen LogP contribution in [-0.4, -0.2) is 46.9 Å². The number of fused-ring (bicyclic) bond motifs is 1. The first-order chi connectivity index (χ1) is 9.00. The van der Waals surface area contributed by atoms with E-state index in [1.807, 2.05) is 0 Å². The van der Waals surface area contributed by atoms with Gasteiger partial charge in [0.05, 0.1) is 6.04 Å². The molecule has 0 aromatic rings. The number of amides is 1. The fraction of sp³-hybridized carbons (Fsp3) is 0.786. The molecule has 2 fully saturated rings. The molecule has 1 aliphatic carbocycles. The Morgan fingerprint density at radius 3 is 2.50 bits per heavy atom. The number of rotatable bonds is 1. The number of hydrogen-bond donors (Lipinski definition) is 2. The number of ether oxygens (including phenoxy) is 3. The van der Waals surface area contributed by atoms with Crippen LogP contribution in [0.4, 0.5) is 4.79 Å². The number of aliphatic hydroxyl groups is 1. The van der Waals surface area contributed by atoms with Crippen LogP contribution in [0.2, 0.25) is 0 Å². The summed E-state index contributed by atoms with van der Waals surface area (Å²) in [5.41, 5.74) is -0.00115. The van der Waals surface area contributed by atoms with Crippen molar-refractivity contribution < 1.29 is 24.1 Å². The third-order valence-electron chi connectivity index (χ3n) is 3.24. The van der Waals surface area contributed by atoms with Crippen LogP contribution < -0.4 is 5.32 Å². The minimum Gasteiger partial charge on any atom is -0.444 e. The first-order valence-electron chi connectivity index (χ1n) is 6.72. The second-order valence-electron chi connectivity index (χ2n) is 6.71. The molecule has 1 aliphatic heterocycles. The van der Waals surface area contributed by atoms with Gasteiger partial charge < -0.3 is 24.6 Å². The Morgan fingerprint density at radius 1 is 1.40 bits per heavy atom. The Labute approximate surface area is 119 Å². The highest BCUT2D eigenvalue weighted by atomic mass is 16.8. The summed E-state index contributed by atoms with van der Waals surface area (Å²) in [6.45, 7) is 12.8. The van der Waals surface area contributed by atoms with Gasteiger partial charge in [-0.2, -0.15) is 0 Å². The summed E-state index contributed by atoms with van der Waals surface area (Å²) in [6, 6.07) is -0.629. The van der Waals surface area contributed by atoms with Gasteiger partial charge in [0.25, 0.3) is 0 Å². The van der Waals surface area contributed by atoms with Crippen molar-refractivity contribution in [3.63, 3.8) is 0 Å². The SMILES string of the molecule is C=C1[C@H]2OC(C)(C)O[C@H]2[C@H](O)[C@H]1NC(=O)OC(C)(C)C. The van der Waals surface area contributed by atoms with Gasteiger partial charge in [-0.05, 0) is 40.2 Å². The molecule has 4 atom stereocenters. The van der Waals surface area contributed by atoms with E-state index in [9.17, 15) is 9.90 Å². The topological polar surface area (TPSA) is 77.0 Å². The lowest BCUT2D eigenvalue weighted by atomic mass is 10.1. The fourth-order valence-corrected chi connectivity index (χ4v) is 2.52. The van der Waals surface area contributed by atoms with E-state index in [1.165, 1.54) is 0 Å². The predicted octanol–water partition coefficient (Wildman–Crippen LogP) is 1.33. The van der Waals surface area contributed by atoms with Crippen molar-refractivity contribution in [2.24, 2.45) is 0 Å². The van der Waals surface area contributed by atoms with Gasteiger partial charge in [0.1, 0.15) is 23.9 Å². The quantitative estimate of drug-likeness (QED) is 0.711. The van der Waals surface area contributed by atoms with E-state index in [-0.39, 0.29) is 0 Å². The summed E-state index contributed by atoms with van der Waals surface area (Å²) >= 11 is 0. The Kier molecular flexibility index (Phi) is 3.60. The van der Waals surface area contributed by atoms with Crippen LogP contribution >= 0.6 is 0 Å². The Bertz CT molecular complexity index is 426. The molecule has 20 heavy (non-hydrogen) atoms. The highest BCUT2D eigenvalue weighted by molar-refractivity contribution is 5.69. The average Bonchev–Trinajstić information content (AvgIpc) is 2.66. The molecule has 1 heterocycles. The van der Waals surface area contributed by atoms with E-state index in [4.69, 9.17) is 14.2 Å². The van der Waals surface area contributed by atoms with Crippen molar-refractivity contribution in [3.05, 3.63) is 12.2 Å². The van der Waals surface area contributed by atoms with Gasteiger partial charge in [0.2, 0.25) is 0 Å².